The van der Waals surface area contributed by atoms with Gasteiger partial charge in [0.25, 0.3) is 0 Å². The number of nitrogens with zero attached hydrogens (tertiary/aromatic N) is 2. The van der Waals surface area contributed by atoms with Crippen LogP contribution in [0.1, 0.15) is 26.2 Å². The minimum absolute atomic E-state index is 0.00921. The van der Waals surface area contributed by atoms with E-state index in [4.69, 9.17) is 14.9 Å². The molecule has 14 heavy (non-hydrogen) atoms. The molecule has 0 radical (unpaired) electrons. The molecule has 0 spiro atoms. The van der Waals surface area contributed by atoms with Gasteiger partial charge in [0.2, 0.25) is 0 Å². The van der Waals surface area contributed by atoms with Crippen LogP contribution in [0.5, 0.6) is 0 Å². The summed E-state index contributed by atoms with van der Waals surface area (Å²) in [5.74, 6) is 0.00921. The van der Waals surface area contributed by atoms with E-state index in [1.807, 2.05) is 6.07 Å². The molecule has 2 heterocycles. The highest BCUT2D eigenvalue weighted by molar-refractivity contribution is 5.86. The van der Waals surface area contributed by atoms with Crippen LogP contribution in [0, 0.1) is 11.3 Å². The second kappa shape index (κ2) is 3.31. The van der Waals surface area contributed by atoms with Gasteiger partial charge in [-0.25, -0.2) is 0 Å². The maximum Gasteiger partial charge on any atom is 0.170 e. The predicted octanol–water partition coefficient (Wildman–Crippen LogP) is 0.569. The Kier molecular flexibility index (Phi) is 2.27. The van der Waals surface area contributed by atoms with Crippen LogP contribution >= 0.6 is 0 Å². The molecule has 2 aliphatic rings. The quantitative estimate of drug-likeness (QED) is 0.613. The zero-order valence-electron chi connectivity index (χ0n) is 8.02. The molecule has 0 N–H and O–H groups in total. The van der Waals surface area contributed by atoms with Gasteiger partial charge in [-0.3, -0.25) is 14.5 Å². The van der Waals surface area contributed by atoms with E-state index in [0.717, 1.165) is 6.42 Å². The molecule has 0 aromatic carbocycles. The smallest absolute Gasteiger partial charge is 0.170 e. The Hall–Kier alpha value is -0.960. The molecule has 2 aliphatic heterocycles. The SMILES string of the molecule is CC(=O)[C@@]12CCCON1O[C@H](C#N)C2. The maximum absolute atomic E-state index is 11.6. The van der Waals surface area contributed by atoms with Crippen molar-refractivity contribution in [3.63, 3.8) is 0 Å². The van der Waals surface area contributed by atoms with E-state index >= 15 is 0 Å². The first-order chi connectivity index (χ1) is 6.69. The average molecular weight is 196 g/mol. The second-order valence-corrected chi connectivity index (χ2v) is 3.71. The fourth-order valence-electron chi connectivity index (χ4n) is 2.01. The monoisotopic (exact) mass is 196 g/mol. The lowest BCUT2D eigenvalue weighted by Gasteiger charge is -2.36. The number of carbonyl (C=O) groups excluding carboxylic acids is 1. The second-order valence-electron chi connectivity index (χ2n) is 3.71. The van der Waals surface area contributed by atoms with Crippen molar-refractivity contribution in [1.29, 1.82) is 5.26 Å². The molecule has 2 saturated heterocycles. The minimum atomic E-state index is -0.710. The molecule has 0 aliphatic carbocycles. The Morgan fingerprint density at radius 3 is 3.07 bits per heavy atom. The van der Waals surface area contributed by atoms with Crippen molar-refractivity contribution in [1.82, 2.24) is 5.23 Å². The lowest BCUT2D eigenvalue weighted by molar-refractivity contribution is -0.392. The molecule has 0 unspecified atom stereocenters. The van der Waals surface area contributed by atoms with E-state index in [1.165, 1.54) is 12.2 Å². The summed E-state index contributed by atoms with van der Waals surface area (Å²) < 4.78 is 0. The van der Waals surface area contributed by atoms with E-state index in [9.17, 15) is 4.79 Å². The summed E-state index contributed by atoms with van der Waals surface area (Å²) in [7, 11) is 0. The molecule has 0 amide bonds. The zero-order valence-corrected chi connectivity index (χ0v) is 8.02. The van der Waals surface area contributed by atoms with Crippen molar-refractivity contribution in [2.24, 2.45) is 0 Å². The number of fused-ring (bicyclic) bond motifs is 1. The third-order valence-corrected chi connectivity index (χ3v) is 2.84. The first-order valence-corrected chi connectivity index (χ1v) is 4.69. The third kappa shape index (κ3) is 1.23. The molecule has 2 atom stereocenters. The number of rotatable bonds is 1. The van der Waals surface area contributed by atoms with Crippen molar-refractivity contribution >= 4 is 5.78 Å². The van der Waals surface area contributed by atoms with Crippen molar-refractivity contribution in [3.8, 4) is 6.07 Å². The highest BCUT2D eigenvalue weighted by Crippen LogP contribution is 2.39. The van der Waals surface area contributed by atoms with Crippen LogP contribution in [0.2, 0.25) is 0 Å². The van der Waals surface area contributed by atoms with Gasteiger partial charge in [0.05, 0.1) is 12.7 Å². The van der Waals surface area contributed by atoms with E-state index in [0.29, 0.717) is 19.4 Å². The summed E-state index contributed by atoms with van der Waals surface area (Å²) in [4.78, 5) is 22.0. The lowest BCUT2D eigenvalue weighted by Crippen LogP contribution is -2.51. The van der Waals surface area contributed by atoms with E-state index in [2.05, 4.69) is 0 Å². The van der Waals surface area contributed by atoms with Crippen molar-refractivity contribution in [2.75, 3.05) is 6.61 Å². The number of hydroxylamine groups is 2. The van der Waals surface area contributed by atoms with Gasteiger partial charge in [-0.15, -0.1) is 0 Å². The summed E-state index contributed by atoms with van der Waals surface area (Å²) in [5, 5.41) is 9.98. The molecule has 0 saturated carbocycles. The molecular weight excluding hydrogens is 184 g/mol. The number of carbonyl (C=O) groups is 1. The minimum Gasteiger partial charge on any atom is -0.298 e. The van der Waals surface area contributed by atoms with Crippen molar-refractivity contribution in [3.05, 3.63) is 0 Å². The summed E-state index contributed by atoms with van der Waals surface area (Å²) in [6.45, 7) is 2.07. The Balaban J connectivity index is 2.26. The van der Waals surface area contributed by atoms with Crippen LogP contribution < -0.4 is 0 Å². The topological polar surface area (TPSA) is 62.6 Å². The van der Waals surface area contributed by atoms with Gasteiger partial charge < -0.3 is 0 Å². The number of hydrogen-bond donors (Lipinski definition) is 0. The third-order valence-electron chi connectivity index (χ3n) is 2.84. The van der Waals surface area contributed by atoms with Crippen molar-refractivity contribution in [2.45, 2.75) is 37.8 Å². The van der Waals surface area contributed by atoms with Crippen LogP contribution in [0.25, 0.3) is 0 Å². The Bertz CT molecular complexity index is 299. The average Bonchev–Trinajstić information content (AvgIpc) is 2.57. The Labute approximate surface area is 82.1 Å². The summed E-state index contributed by atoms with van der Waals surface area (Å²) >= 11 is 0. The van der Waals surface area contributed by atoms with Gasteiger partial charge in [0.1, 0.15) is 5.54 Å². The Morgan fingerprint density at radius 1 is 1.71 bits per heavy atom. The van der Waals surface area contributed by atoms with Gasteiger partial charge in [-0.1, -0.05) is 5.23 Å². The number of nitriles is 1. The van der Waals surface area contributed by atoms with Crippen LogP contribution in [0.15, 0.2) is 0 Å². The summed E-state index contributed by atoms with van der Waals surface area (Å²) in [6.07, 6.45) is 1.40. The van der Waals surface area contributed by atoms with Gasteiger partial charge in [0.15, 0.2) is 11.9 Å². The molecule has 0 aromatic rings. The molecule has 5 nitrogen and oxygen atoms in total. The number of hydrogen-bond acceptors (Lipinski definition) is 5. The summed E-state index contributed by atoms with van der Waals surface area (Å²) in [6, 6.07) is 2.00. The molecule has 0 aromatic heterocycles. The normalized spacial score (nSPS) is 37.6. The Morgan fingerprint density at radius 2 is 2.50 bits per heavy atom. The van der Waals surface area contributed by atoms with E-state index in [1.54, 1.807) is 0 Å². The van der Waals surface area contributed by atoms with Crippen molar-refractivity contribution < 1.29 is 14.5 Å². The van der Waals surface area contributed by atoms with Gasteiger partial charge in [-0.2, -0.15) is 5.26 Å². The van der Waals surface area contributed by atoms with Crippen LogP contribution in [-0.4, -0.2) is 29.3 Å². The molecule has 2 rings (SSSR count). The van der Waals surface area contributed by atoms with E-state index < -0.39 is 11.6 Å². The molecule has 5 heteroatoms. The van der Waals surface area contributed by atoms with E-state index in [-0.39, 0.29) is 5.78 Å². The highest BCUT2D eigenvalue weighted by atomic mass is 17.0. The van der Waals surface area contributed by atoms with Gasteiger partial charge >= 0.3 is 0 Å². The lowest BCUT2D eigenvalue weighted by atomic mass is 9.85. The molecular formula is C9H12N2O3. The van der Waals surface area contributed by atoms with Crippen LogP contribution in [0.3, 0.4) is 0 Å². The van der Waals surface area contributed by atoms with Gasteiger partial charge in [-0.05, 0) is 19.8 Å². The first kappa shape index (κ1) is 9.59. The largest absolute Gasteiger partial charge is 0.298 e. The van der Waals surface area contributed by atoms with Crippen LogP contribution in [0.4, 0.5) is 0 Å². The first-order valence-electron chi connectivity index (χ1n) is 4.69. The standard InChI is InChI=1S/C9H12N2O3/c1-7(12)9-3-2-4-13-11(9)14-8(5-9)6-10/h8H,2-5H2,1H3/t8-,9-/m0/s1. The van der Waals surface area contributed by atoms with Crippen LogP contribution in [-0.2, 0) is 14.5 Å². The zero-order chi connectivity index (χ0) is 10.2. The molecule has 0 bridgehead atoms. The fourth-order valence-corrected chi connectivity index (χ4v) is 2.01. The predicted molar refractivity (Wildman–Crippen MR) is 45.5 cm³/mol. The summed E-state index contributed by atoms with van der Waals surface area (Å²) in [5.41, 5.74) is -0.710. The maximum atomic E-state index is 11.6. The molecule has 2 fully saturated rings. The molecule has 76 valence electrons. The van der Waals surface area contributed by atoms with Gasteiger partial charge in [0, 0.05) is 6.42 Å². The fraction of sp³-hybridized carbons (Fsp3) is 0.778. The highest BCUT2D eigenvalue weighted by Gasteiger charge is 2.53. The number of ketones is 1. The number of Topliss-reactive ketones (excluding diaryl/α,β-unsaturated/α-hetero) is 1.